The van der Waals surface area contributed by atoms with E-state index in [1.165, 1.54) is 10.9 Å². The van der Waals surface area contributed by atoms with E-state index in [1.807, 2.05) is 45.9 Å². The zero-order valence-electron chi connectivity index (χ0n) is 18.3. The van der Waals surface area contributed by atoms with Crippen LogP contribution in [0.25, 0.3) is 33.7 Å². The van der Waals surface area contributed by atoms with Crippen LogP contribution in [0.15, 0.2) is 78.0 Å². The SMILES string of the molecule is Cc1c(-n2nc3c4ccccc4n(CC4C=CC(n5cccn5)=CC4)nc-3c2=O)ccnc1F. The highest BCUT2D eigenvalue weighted by atomic mass is 19.1. The fourth-order valence-corrected chi connectivity index (χ4v) is 4.37. The molecule has 3 aliphatic rings. The number of hydrogen-bond donors (Lipinski definition) is 0. The van der Waals surface area contributed by atoms with Crippen molar-refractivity contribution in [2.24, 2.45) is 5.92 Å². The van der Waals surface area contributed by atoms with Crippen LogP contribution in [0.4, 0.5) is 4.39 Å². The molecule has 1 aromatic carbocycles. The number of allylic oxidation sites excluding steroid dienone is 4. The highest BCUT2D eigenvalue weighted by Gasteiger charge is 2.24. The summed E-state index contributed by atoms with van der Waals surface area (Å²) in [6, 6.07) is 11.2. The van der Waals surface area contributed by atoms with Gasteiger partial charge >= 0.3 is 5.56 Å². The predicted molar refractivity (Wildman–Crippen MR) is 126 cm³/mol. The van der Waals surface area contributed by atoms with Crippen LogP contribution in [0.3, 0.4) is 0 Å². The molecule has 0 fully saturated rings. The van der Waals surface area contributed by atoms with Gasteiger partial charge in [0.1, 0.15) is 5.69 Å². The molecule has 1 atom stereocenters. The van der Waals surface area contributed by atoms with E-state index in [0.29, 0.717) is 17.9 Å². The Labute approximate surface area is 193 Å². The summed E-state index contributed by atoms with van der Waals surface area (Å²) in [5.74, 6) is -0.421. The third kappa shape index (κ3) is 3.24. The third-order valence-corrected chi connectivity index (χ3v) is 6.16. The highest BCUT2D eigenvalue weighted by molar-refractivity contribution is 5.92. The number of hydrogen-bond acceptors (Lipinski definition) is 5. The lowest BCUT2D eigenvalue weighted by molar-refractivity contribution is 0.498. The first kappa shape index (κ1) is 20.2. The van der Waals surface area contributed by atoms with E-state index in [2.05, 4.69) is 33.4 Å². The highest BCUT2D eigenvalue weighted by Crippen LogP contribution is 2.28. The van der Waals surface area contributed by atoms with Crippen molar-refractivity contribution in [1.29, 1.82) is 0 Å². The van der Waals surface area contributed by atoms with Crippen molar-refractivity contribution in [2.45, 2.75) is 19.9 Å². The summed E-state index contributed by atoms with van der Waals surface area (Å²) in [4.78, 5) is 17.0. The summed E-state index contributed by atoms with van der Waals surface area (Å²) in [6.45, 7) is 2.18. The van der Waals surface area contributed by atoms with Crippen LogP contribution in [-0.2, 0) is 6.54 Å². The summed E-state index contributed by atoms with van der Waals surface area (Å²) < 4.78 is 19.0. The molecule has 1 aliphatic carbocycles. The van der Waals surface area contributed by atoms with Crippen LogP contribution in [0.1, 0.15) is 12.0 Å². The molecule has 0 saturated heterocycles. The fraction of sp³-hybridized carbons (Fsp3) is 0.160. The lowest BCUT2D eigenvalue weighted by atomic mass is 9.99. The molecule has 1 unspecified atom stereocenters. The Hall–Kier alpha value is -4.40. The molecular formula is C25H20FN7O. The van der Waals surface area contributed by atoms with Gasteiger partial charge in [0, 0.05) is 42.0 Å². The van der Waals surface area contributed by atoms with Crippen molar-refractivity contribution in [3.05, 3.63) is 95.1 Å². The summed E-state index contributed by atoms with van der Waals surface area (Å²) in [6.07, 6.45) is 12.2. The number of halogens is 1. The molecular weight excluding hydrogens is 433 g/mol. The van der Waals surface area contributed by atoms with Gasteiger partial charge in [0.25, 0.3) is 0 Å². The second kappa shape index (κ2) is 7.87. The maximum absolute atomic E-state index is 14.1. The smallest absolute Gasteiger partial charge is 0.265 e. The van der Waals surface area contributed by atoms with E-state index in [1.54, 1.807) is 19.2 Å². The number of benzene rings is 1. The van der Waals surface area contributed by atoms with Crippen LogP contribution in [0.2, 0.25) is 0 Å². The predicted octanol–water partition coefficient (Wildman–Crippen LogP) is 3.84. The molecule has 0 N–H and O–H groups in total. The van der Waals surface area contributed by atoms with Crippen LogP contribution in [0, 0.1) is 18.8 Å². The van der Waals surface area contributed by atoms with Crippen molar-refractivity contribution in [1.82, 2.24) is 34.3 Å². The first-order chi connectivity index (χ1) is 16.6. The van der Waals surface area contributed by atoms with Gasteiger partial charge in [0.15, 0.2) is 5.69 Å². The molecule has 0 saturated carbocycles. The second-order valence-electron chi connectivity index (χ2n) is 8.29. The first-order valence-corrected chi connectivity index (χ1v) is 11.0. The monoisotopic (exact) mass is 453 g/mol. The zero-order valence-corrected chi connectivity index (χ0v) is 18.3. The molecule has 4 heterocycles. The average Bonchev–Trinajstić information content (AvgIpc) is 3.51. The maximum Gasteiger partial charge on any atom is 0.301 e. The van der Waals surface area contributed by atoms with E-state index in [-0.39, 0.29) is 22.7 Å². The summed E-state index contributed by atoms with van der Waals surface area (Å²) >= 11 is 0. The van der Waals surface area contributed by atoms with Gasteiger partial charge in [-0.3, -0.25) is 9.48 Å². The number of fused-ring (bicyclic) bond motifs is 3. The van der Waals surface area contributed by atoms with E-state index in [0.717, 1.165) is 23.0 Å². The Morgan fingerprint density at radius 3 is 2.76 bits per heavy atom. The zero-order chi connectivity index (χ0) is 23.2. The molecule has 9 heteroatoms. The maximum atomic E-state index is 14.1. The summed E-state index contributed by atoms with van der Waals surface area (Å²) in [5.41, 5.74) is 2.89. The first-order valence-electron chi connectivity index (χ1n) is 11.0. The molecule has 3 aromatic rings. The third-order valence-electron chi connectivity index (χ3n) is 6.16. The normalized spacial score (nSPS) is 15.8. The van der Waals surface area contributed by atoms with Gasteiger partial charge in [-0.25, -0.2) is 9.67 Å². The minimum absolute atomic E-state index is 0.208. The topological polar surface area (TPSA) is 83.4 Å². The van der Waals surface area contributed by atoms with Gasteiger partial charge in [-0.1, -0.05) is 30.4 Å². The Kier molecular flexibility index (Phi) is 4.68. The van der Waals surface area contributed by atoms with Gasteiger partial charge in [-0.2, -0.15) is 24.4 Å². The number of aromatic nitrogens is 7. The standard InChI is InChI=1S/C25H20FN7O/c1-16-20(11-13-27-24(16)26)33-25(34)23-22(30-33)19-5-2-3-6-21(19)32(29-23)15-17-7-9-18(10-8-17)31-14-4-12-28-31/h2-7,9-14,17H,8,15H2,1H3. The van der Waals surface area contributed by atoms with Gasteiger partial charge in [0.2, 0.25) is 5.95 Å². The number of pyridine rings is 1. The molecule has 168 valence electrons. The largest absolute Gasteiger partial charge is 0.301 e. The van der Waals surface area contributed by atoms with Gasteiger partial charge in [-0.05, 0) is 37.6 Å². The molecule has 0 bridgehead atoms. The van der Waals surface area contributed by atoms with Crippen LogP contribution >= 0.6 is 0 Å². The minimum atomic E-state index is -0.629. The molecule has 2 aliphatic heterocycles. The van der Waals surface area contributed by atoms with Crippen molar-refractivity contribution in [3.63, 3.8) is 0 Å². The summed E-state index contributed by atoms with van der Waals surface area (Å²) in [5, 5.41) is 14.3. The van der Waals surface area contributed by atoms with Crippen molar-refractivity contribution in [3.8, 4) is 17.1 Å². The Bertz CT molecular complexity index is 1610. The summed E-state index contributed by atoms with van der Waals surface area (Å²) in [7, 11) is 0. The number of rotatable bonds is 4. The molecule has 8 nitrogen and oxygen atoms in total. The minimum Gasteiger partial charge on any atom is -0.265 e. The van der Waals surface area contributed by atoms with Gasteiger partial charge < -0.3 is 0 Å². The van der Waals surface area contributed by atoms with E-state index >= 15 is 0 Å². The van der Waals surface area contributed by atoms with E-state index in [4.69, 9.17) is 5.10 Å². The molecule has 0 radical (unpaired) electrons. The Morgan fingerprint density at radius 1 is 1.09 bits per heavy atom. The van der Waals surface area contributed by atoms with Crippen LogP contribution in [0.5, 0.6) is 0 Å². The average molecular weight is 453 g/mol. The lowest BCUT2D eigenvalue weighted by Gasteiger charge is -2.19. The van der Waals surface area contributed by atoms with Crippen molar-refractivity contribution >= 4 is 16.6 Å². The molecule has 6 rings (SSSR count). The molecule has 2 aromatic heterocycles. The molecule has 0 spiro atoms. The van der Waals surface area contributed by atoms with Gasteiger partial charge in [0.05, 0.1) is 16.9 Å². The van der Waals surface area contributed by atoms with E-state index < -0.39 is 5.95 Å². The van der Waals surface area contributed by atoms with Crippen LogP contribution in [-0.4, -0.2) is 34.3 Å². The quantitative estimate of drug-likeness (QED) is 0.386. The Balaban J connectivity index is 1.43. The lowest BCUT2D eigenvalue weighted by Crippen LogP contribution is -2.20. The van der Waals surface area contributed by atoms with Crippen molar-refractivity contribution < 1.29 is 4.39 Å². The van der Waals surface area contributed by atoms with Gasteiger partial charge in [-0.15, -0.1) is 0 Å². The molecule has 34 heavy (non-hydrogen) atoms. The Morgan fingerprint density at radius 2 is 1.97 bits per heavy atom. The second-order valence-corrected chi connectivity index (χ2v) is 8.29. The van der Waals surface area contributed by atoms with E-state index in [9.17, 15) is 9.18 Å². The fourth-order valence-electron chi connectivity index (χ4n) is 4.37. The number of para-hydroxylation sites is 1. The van der Waals surface area contributed by atoms with Crippen LogP contribution < -0.4 is 5.56 Å². The molecule has 0 amide bonds. The van der Waals surface area contributed by atoms with Crippen molar-refractivity contribution in [2.75, 3.05) is 0 Å². The number of nitrogens with zero attached hydrogens (tertiary/aromatic N) is 7.